The standard InChI is InChI=1S/C26H22F4N4OS.ClH/c1-15(35)32-22(11-16-7-9-17(14-31)10-8-16)25-34-33-24(36-25)20-12-19(18-5-3-2-4-6-18)13-21(23(20)27)26(28,29)30;/h2-10,12-13,22H,11,14,31H2,1H3,(H,32,35);1H. The van der Waals surface area contributed by atoms with E-state index in [1.807, 2.05) is 24.3 Å². The highest BCUT2D eigenvalue weighted by Gasteiger charge is 2.36. The summed E-state index contributed by atoms with van der Waals surface area (Å²) in [6.07, 6.45) is -4.54. The number of nitrogens with two attached hydrogens (primary N) is 1. The second kappa shape index (κ2) is 11.8. The summed E-state index contributed by atoms with van der Waals surface area (Å²) in [5.41, 5.74) is 6.50. The Balaban J connectivity index is 0.00000380. The van der Waals surface area contributed by atoms with Gasteiger partial charge in [-0.3, -0.25) is 4.79 Å². The largest absolute Gasteiger partial charge is 0.419 e. The van der Waals surface area contributed by atoms with E-state index in [9.17, 15) is 18.0 Å². The number of benzene rings is 3. The lowest BCUT2D eigenvalue weighted by atomic mass is 9.99. The topological polar surface area (TPSA) is 80.9 Å². The highest BCUT2D eigenvalue weighted by Crippen LogP contribution is 2.40. The van der Waals surface area contributed by atoms with E-state index >= 15 is 4.39 Å². The predicted molar refractivity (Wildman–Crippen MR) is 138 cm³/mol. The minimum Gasteiger partial charge on any atom is -0.347 e. The van der Waals surface area contributed by atoms with Crippen molar-refractivity contribution in [3.63, 3.8) is 0 Å². The molecule has 0 spiro atoms. The summed E-state index contributed by atoms with van der Waals surface area (Å²) in [5, 5.41) is 11.2. The number of carbonyl (C=O) groups excluding carboxylic acids is 1. The Labute approximate surface area is 221 Å². The van der Waals surface area contributed by atoms with E-state index in [-0.39, 0.29) is 34.4 Å². The van der Waals surface area contributed by atoms with Crippen molar-refractivity contribution in [1.82, 2.24) is 15.5 Å². The number of nitrogens with zero attached hydrogens (tertiary/aromatic N) is 2. The van der Waals surface area contributed by atoms with Crippen molar-refractivity contribution in [1.29, 1.82) is 0 Å². The van der Waals surface area contributed by atoms with Gasteiger partial charge in [-0.25, -0.2) is 4.39 Å². The fourth-order valence-electron chi connectivity index (χ4n) is 3.76. The van der Waals surface area contributed by atoms with Crippen LogP contribution in [0.3, 0.4) is 0 Å². The molecular weight excluding hydrogens is 528 g/mol. The van der Waals surface area contributed by atoms with Crippen LogP contribution in [0.25, 0.3) is 21.7 Å². The first kappa shape index (κ1) is 28.2. The number of halogens is 5. The number of rotatable bonds is 7. The van der Waals surface area contributed by atoms with Gasteiger partial charge < -0.3 is 11.1 Å². The Morgan fingerprint density at radius 1 is 1.00 bits per heavy atom. The van der Waals surface area contributed by atoms with Gasteiger partial charge in [0.1, 0.15) is 10.8 Å². The fraction of sp³-hybridized carbons (Fsp3) is 0.192. The summed E-state index contributed by atoms with van der Waals surface area (Å²) in [4.78, 5) is 11.8. The van der Waals surface area contributed by atoms with Gasteiger partial charge in [-0.1, -0.05) is 65.9 Å². The molecule has 0 radical (unpaired) electrons. The van der Waals surface area contributed by atoms with Crippen LogP contribution in [0.15, 0.2) is 66.7 Å². The minimum atomic E-state index is -4.90. The maximum absolute atomic E-state index is 15.1. The van der Waals surface area contributed by atoms with Crippen LogP contribution in [0.1, 0.15) is 34.7 Å². The number of alkyl halides is 3. The molecule has 194 valence electrons. The number of amides is 1. The molecule has 4 rings (SSSR count). The van der Waals surface area contributed by atoms with Crippen LogP contribution in [0, 0.1) is 5.82 Å². The van der Waals surface area contributed by atoms with Crippen LogP contribution in [0.2, 0.25) is 0 Å². The number of hydrogen-bond donors (Lipinski definition) is 2. The summed E-state index contributed by atoms with van der Waals surface area (Å²) < 4.78 is 56.2. The van der Waals surface area contributed by atoms with E-state index in [1.165, 1.54) is 13.0 Å². The van der Waals surface area contributed by atoms with Crippen molar-refractivity contribution in [2.45, 2.75) is 32.1 Å². The molecule has 0 aliphatic heterocycles. The van der Waals surface area contributed by atoms with Gasteiger partial charge >= 0.3 is 6.18 Å². The molecule has 0 aliphatic carbocycles. The first-order valence-electron chi connectivity index (χ1n) is 11.0. The van der Waals surface area contributed by atoms with Crippen molar-refractivity contribution >= 4 is 29.7 Å². The monoisotopic (exact) mass is 550 g/mol. The van der Waals surface area contributed by atoms with Gasteiger partial charge in [0.25, 0.3) is 0 Å². The smallest absolute Gasteiger partial charge is 0.347 e. The highest BCUT2D eigenvalue weighted by atomic mass is 35.5. The summed E-state index contributed by atoms with van der Waals surface area (Å²) >= 11 is 0.936. The Morgan fingerprint density at radius 3 is 2.24 bits per heavy atom. The predicted octanol–water partition coefficient (Wildman–Crippen LogP) is 6.33. The molecule has 0 bridgehead atoms. The summed E-state index contributed by atoms with van der Waals surface area (Å²) in [6.45, 7) is 1.74. The fourth-order valence-corrected chi connectivity index (χ4v) is 4.66. The third-order valence-corrected chi connectivity index (χ3v) is 6.60. The lowest BCUT2D eigenvalue weighted by molar-refractivity contribution is -0.139. The van der Waals surface area contributed by atoms with Crippen LogP contribution in [-0.2, 0) is 23.9 Å². The van der Waals surface area contributed by atoms with Crippen molar-refractivity contribution in [3.05, 3.63) is 94.2 Å². The second-order valence-electron chi connectivity index (χ2n) is 8.17. The molecular formula is C26H23ClF4N4OS. The normalized spacial score (nSPS) is 12.1. The Bertz CT molecular complexity index is 1360. The van der Waals surface area contributed by atoms with Gasteiger partial charge in [0.2, 0.25) is 5.91 Å². The van der Waals surface area contributed by atoms with Crippen LogP contribution in [0.5, 0.6) is 0 Å². The number of nitrogens with one attached hydrogen (secondary N) is 1. The van der Waals surface area contributed by atoms with Crippen molar-refractivity contribution < 1.29 is 22.4 Å². The van der Waals surface area contributed by atoms with Gasteiger partial charge in [-0.15, -0.1) is 22.6 Å². The lowest BCUT2D eigenvalue weighted by Gasteiger charge is -2.15. The first-order chi connectivity index (χ1) is 17.2. The van der Waals surface area contributed by atoms with Crippen molar-refractivity contribution in [2.75, 3.05) is 0 Å². The molecule has 0 fully saturated rings. The van der Waals surface area contributed by atoms with Crippen LogP contribution >= 0.6 is 23.7 Å². The Kier molecular flexibility index (Phi) is 9.01. The molecule has 1 amide bonds. The van der Waals surface area contributed by atoms with E-state index in [4.69, 9.17) is 5.73 Å². The zero-order valence-corrected chi connectivity index (χ0v) is 21.2. The first-order valence-corrected chi connectivity index (χ1v) is 11.8. The maximum Gasteiger partial charge on any atom is 0.419 e. The summed E-state index contributed by atoms with van der Waals surface area (Å²) in [6, 6.07) is 17.4. The van der Waals surface area contributed by atoms with Crippen LogP contribution in [-0.4, -0.2) is 16.1 Å². The van der Waals surface area contributed by atoms with Gasteiger partial charge in [0.05, 0.1) is 11.6 Å². The maximum atomic E-state index is 15.1. The van der Waals surface area contributed by atoms with Crippen molar-refractivity contribution in [2.24, 2.45) is 5.73 Å². The lowest BCUT2D eigenvalue weighted by Crippen LogP contribution is -2.27. The molecule has 1 unspecified atom stereocenters. The molecule has 37 heavy (non-hydrogen) atoms. The van der Waals surface area contributed by atoms with Gasteiger partial charge in [-0.2, -0.15) is 13.2 Å². The average molecular weight is 551 g/mol. The molecule has 3 N–H and O–H groups in total. The van der Waals surface area contributed by atoms with Gasteiger partial charge in [0, 0.05) is 19.0 Å². The quantitative estimate of drug-likeness (QED) is 0.263. The van der Waals surface area contributed by atoms with Gasteiger partial charge in [0.15, 0.2) is 5.01 Å². The van der Waals surface area contributed by atoms with E-state index in [2.05, 4.69) is 15.5 Å². The molecule has 1 aromatic heterocycles. The van der Waals surface area contributed by atoms with Crippen molar-refractivity contribution in [3.8, 4) is 21.7 Å². The zero-order valence-electron chi connectivity index (χ0n) is 19.6. The number of carbonyl (C=O) groups is 1. The van der Waals surface area contributed by atoms with E-state index < -0.39 is 23.6 Å². The molecule has 11 heteroatoms. The van der Waals surface area contributed by atoms with Gasteiger partial charge in [-0.05, 0) is 40.8 Å². The molecule has 3 aromatic carbocycles. The molecule has 0 saturated carbocycles. The van der Waals surface area contributed by atoms with Crippen LogP contribution < -0.4 is 11.1 Å². The van der Waals surface area contributed by atoms with E-state index in [1.54, 1.807) is 30.3 Å². The summed E-state index contributed by atoms with van der Waals surface area (Å²) in [5.74, 6) is -1.73. The third-order valence-electron chi connectivity index (χ3n) is 5.53. The molecule has 0 aliphatic rings. The Morgan fingerprint density at radius 2 is 1.65 bits per heavy atom. The summed E-state index contributed by atoms with van der Waals surface area (Å²) in [7, 11) is 0. The van der Waals surface area contributed by atoms with Crippen LogP contribution in [0.4, 0.5) is 17.6 Å². The molecule has 4 aromatic rings. The SMILES string of the molecule is CC(=O)NC(Cc1ccc(CN)cc1)c1nnc(-c2cc(-c3ccccc3)cc(C(F)(F)F)c2F)s1.Cl. The zero-order chi connectivity index (χ0) is 25.9. The Hall–Kier alpha value is -3.34. The molecule has 5 nitrogen and oxygen atoms in total. The minimum absolute atomic E-state index is 0. The average Bonchev–Trinajstić information content (AvgIpc) is 3.34. The highest BCUT2D eigenvalue weighted by molar-refractivity contribution is 7.14. The molecule has 1 atom stereocenters. The third kappa shape index (κ3) is 6.71. The number of aromatic nitrogens is 2. The van der Waals surface area contributed by atoms with E-state index in [0.29, 0.717) is 23.5 Å². The van der Waals surface area contributed by atoms with E-state index in [0.717, 1.165) is 28.5 Å². The number of hydrogen-bond acceptors (Lipinski definition) is 5. The molecule has 1 heterocycles. The second-order valence-corrected chi connectivity index (χ2v) is 9.18. The molecule has 0 saturated heterocycles.